The fourth-order valence-corrected chi connectivity index (χ4v) is 3.23. The summed E-state index contributed by atoms with van der Waals surface area (Å²) in [4.78, 5) is 24.5. The van der Waals surface area contributed by atoms with E-state index in [1.807, 2.05) is 58.0 Å². The Kier molecular flexibility index (Phi) is 7.64. The van der Waals surface area contributed by atoms with Gasteiger partial charge in [0.15, 0.2) is 0 Å². The van der Waals surface area contributed by atoms with E-state index in [1.165, 1.54) is 6.08 Å². The molecule has 0 unspecified atom stereocenters. The van der Waals surface area contributed by atoms with E-state index in [0.717, 1.165) is 22.3 Å². The van der Waals surface area contributed by atoms with Crippen LogP contribution in [0.25, 0.3) is 6.08 Å². The number of amides is 2. The SMILES string of the molecule is Cc1cc(O)c(N)c(C)c1CCC(=O)NC(C)(C)CNC(=O)C=Cc1ccccc1. The zero-order valence-electron chi connectivity index (χ0n) is 18.1. The normalized spacial score (nSPS) is 11.5. The van der Waals surface area contributed by atoms with Gasteiger partial charge in [-0.05, 0) is 68.5 Å². The van der Waals surface area contributed by atoms with Crippen LogP contribution in [-0.4, -0.2) is 29.0 Å². The van der Waals surface area contributed by atoms with E-state index in [-0.39, 0.29) is 24.0 Å². The predicted molar refractivity (Wildman–Crippen MR) is 121 cm³/mol. The van der Waals surface area contributed by atoms with Crippen molar-refractivity contribution in [3.8, 4) is 5.75 Å². The van der Waals surface area contributed by atoms with Gasteiger partial charge in [0.1, 0.15) is 5.75 Å². The first-order valence-electron chi connectivity index (χ1n) is 9.98. The first-order valence-corrected chi connectivity index (χ1v) is 9.98. The van der Waals surface area contributed by atoms with Crippen molar-refractivity contribution in [2.45, 2.75) is 46.1 Å². The molecular formula is C24H31N3O3. The number of aryl methyl sites for hydroxylation is 1. The van der Waals surface area contributed by atoms with Gasteiger partial charge in [0.25, 0.3) is 0 Å². The van der Waals surface area contributed by atoms with Gasteiger partial charge in [0, 0.05) is 19.0 Å². The van der Waals surface area contributed by atoms with Crippen LogP contribution < -0.4 is 16.4 Å². The Hall–Kier alpha value is -3.28. The number of hydrogen-bond donors (Lipinski definition) is 4. The Bertz CT molecular complexity index is 934. The predicted octanol–water partition coefficient (Wildman–Crippen LogP) is 3.25. The molecule has 0 spiro atoms. The van der Waals surface area contributed by atoms with Gasteiger partial charge in [0.05, 0.1) is 11.2 Å². The standard InChI is InChI=1S/C24H31N3O3/c1-16-14-20(28)23(25)17(2)19(16)11-13-22(30)27-24(3,4)15-26-21(29)12-10-18-8-6-5-7-9-18/h5-10,12,14,28H,11,13,15,25H2,1-4H3,(H,26,29)(H,27,30). The highest BCUT2D eigenvalue weighted by molar-refractivity contribution is 5.91. The summed E-state index contributed by atoms with van der Waals surface area (Å²) >= 11 is 0. The quantitative estimate of drug-likeness (QED) is 0.305. The van der Waals surface area contributed by atoms with Crippen LogP contribution in [0, 0.1) is 13.8 Å². The van der Waals surface area contributed by atoms with Crippen LogP contribution in [0.15, 0.2) is 42.5 Å². The molecule has 0 atom stereocenters. The van der Waals surface area contributed by atoms with Crippen molar-refractivity contribution in [1.82, 2.24) is 10.6 Å². The van der Waals surface area contributed by atoms with Gasteiger partial charge in [0.2, 0.25) is 11.8 Å². The third-order valence-electron chi connectivity index (χ3n) is 4.97. The molecule has 2 aromatic rings. The highest BCUT2D eigenvalue weighted by atomic mass is 16.3. The number of rotatable bonds is 8. The van der Waals surface area contributed by atoms with Crippen molar-refractivity contribution in [2.24, 2.45) is 0 Å². The average molecular weight is 410 g/mol. The summed E-state index contributed by atoms with van der Waals surface area (Å²) in [6, 6.07) is 11.2. The van der Waals surface area contributed by atoms with Gasteiger partial charge in [-0.2, -0.15) is 0 Å². The number of hydrogen-bond acceptors (Lipinski definition) is 4. The van der Waals surface area contributed by atoms with Gasteiger partial charge in [-0.15, -0.1) is 0 Å². The van der Waals surface area contributed by atoms with Crippen LogP contribution in [-0.2, 0) is 16.0 Å². The minimum Gasteiger partial charge on any atom is -0.506 e. The summed E-state index contributed by atoms with van der Waals surface area (Å²) in [6.07, 6.45) is 4.04. The largest absolute Gasteiger partial charge is 0.506 e. The number of benzene rings is 2. The average Bonchev–Trinajstić information content (AvgIpc) is 2.69. The number of anilines is 1. The number of phenols is 1. The molecule has 6 nitrogen and oxygen atoms in total. The maximum Gasteiger partial charge on any atom is 0.244 e. The van der Waals surface area contributed by atoms with Crippen molar-refractivity contribution in [2.75, 3.05) is 12.3 Å². The van der Waals surface area contributed by atoms with Crippen molar-refractivity contribution in [1.29, 1.82) is 0 Å². The molecule has 0 saturated heterocycles. The molecule has 0 radical (unpaired) electrons. The highest BCUT2D eigenvalue weighted by Crippen LogP contribution is 2.30. The maximum absolute atomic E-state index is 12.4. The number of aromatic hydroxyl groups is 1. The summed E-state index contributed by atoms with van der Waals surface area (Å²) in [6.45, 7) is 7.77. The molecule has 0 aliphatic rings. The third kappa shape index (κ3) is 6.65. The van der Waals surface area contributed by atoms with Crippen LogP contribution in [0.2, 0.25) is 0 Å². The number of carbonyl (C=O) groups excluding carboxylic acids is 2. The number of nitrogens with one attached hydrogen (secondary N) is 2. The highest BCUT2D eigenvalue weighted by Gasteiger charge is 2.21. The van der Waals surface area contributed by atoms with E-state index >= 15 is 0 Å². The molecule has 0 heterocycles. The number of nitrogens with two attached hydrogens (primary N) is 1. The van der Waals surface area contributed by atoms with Crippen LogP contribution in [0.4, 0.5) is 5.69 Å². The second-order valence-electron chi connectivity index (χ2n) is 8.12. The molecule has 2 amide bonds. The molecule has 0 fully saturated rings. The molecule has 0 aromatic heterocycles. The zero-order valence-corrected chi connectivity index (χ0v) is 18.1. The molecule has 30 heavy (non-hydrogen) atoms. The summed E-state index contributed by atoms with van der Waals surface area (Å²) in [7, 11) is 0. The van der Waals surface area contributed by atoms with Crippen molar-refractivity contribution in [3.63, 3.8) is 0 Å². The summed E-state index contributed by atoms with van der Waals surface area (Å²) in [5.41, 5.74) is 9.27. The first kappa shape index (κ1) is 23.0. The molecule has 0 aliphatic carbocycles. The molecule has 2 aromatic carbocycles. The van der Waals surface area contributed by atoms with E-state index in [0.29, 0.717) is 18.7 Å². The van der Waals surface area contributed by atoms with Gasteiger partial charge in [-0.1, -0.05) is 30.3 Å². The molecule has 0 saturated carbocycles. The lowest BCUT2D eigenvalue weighted by Crippen LogP contribution is -2.51. The molecule has 5 N–H and O–H groups in total. The lowest BCUT2D eigenvalue weighted by atomic mass is 9.96. The van der Waals surface area contributed by atoms with Crippen LogP contribution in [0.1, 0.15) is 42.5 Å². The summed E-state index contributed by atoms with van der Waals surface area (Å²) < 4.78 is 0. The molecule has 0 bridgehead atoms. The lowest BCUT2D eigenvalue weighted by Gasteiger charge is -2.26. The molecular weight excluding hydrogens is 378 g/mol. The Morgan fingerprint density at radius 1 is 1.17 bits per heavy atom. The minimum absolute atomic E-state index is 0.0661. The Morgan fingerprint density at radius 2 is 1.83 bits per heavy atom. The van der Waals surface area contributed by atoms with E-state index in [4.69, 9.17) is 5.73 Å². The van der Waals surface area contributed by atoms with Crippen molar-refractivity contribution in [3.05, 3.63) is 64.7 Å². The molecule has 2 rings (SSSR count). The Morgan fingerprint density at radius 3 is 2.50 bits per heavy atom. The second-order valence-corrected chi connectivity index (χ2v) is 8.12. The van der Waals surface area contributed by atoms with E-state index in [9.17, 15) is 14.7 Å². The number of phenolic OH excluding ortho intramolecular Hbond substituents is 1. The van der Waals surface area contributed by atoms with Crippen LogP contribution in [0.5, 0.6) is 5.75 Å². The Labute approximate surface area is 178 Å². The van der Waals surface area contributed by atoms with E-state index in [1.54, 1.807) is 12.1 Å². The van der Waals surface area contributed by atoms with Gasteiger partial charge < -0.3 is 21.5 Å². The van der Waals surface area contributed by atoms with Gasteiger partial charge in [-0.3, -0.25) is 9.59 Å². The van der Waals surface area contributed by atoms with Gasteiger partial charge >= 0.3 is 0 Å². The minimum atomic E-state index is -0.592. The van der Waals surface area contributed by atoms with E-state index < -0.39 is 5.54 Å². The maximum atomic E-state index is 12.4. The van der Waals surface area contributed by atoms with Crippen molar-refractivity contribution >= 4 is 23.6 Å². The fourth-order valence-electron chi connectivity index (χ4n) is 3.23. The smallest absolute Gasteiger partial charge is 0.244 e. The third-order valence-corrected chi connectivity index (χ3v) is 4.97. The fraction of sp³-hybridized carbons (Fsp3) is 0.333. The monoisotopic (exact) mass is 409 g/mol. The zero-order chi connectivity index (χ0) is 22.3. The second kappa shape index (κ2) is 9.96. The van der Waals surface area contributed by atoms with Crippen LogP contribution in [0.3, 0.4) is 0 Å². The van der Waals surface area contributed by atoms with E-state index in [2.05, 4.69) is 10.6 Å². The summed E-state index contributed by atoms with van der Waals surface area (Å²) in [5, 5.41) is 15.6. The lowest BCUT2D eigenvalue weighted by molar-refractivity contribution is -0.123. The number of carbonyl (C=O) groups is 2. The first-order chi connectivity index (χ1) is 14.1. The summed E-state index contributed by atoms with van der Waals surface area (Å²) in [5.74, 6) is -0.261. The molecule has 0 aliphatic heterocycles. The molecule has 6 heteroatoms. The number of nitrogen functional groups attached to an aromatic ring is 1. The topological polar surface area (TPSA) is 104 Å². The molecule has 160 valence electrons. The van der Waals surface area contributed by atoms with Crippen LogP contribution >= 0.6 is 0 Å². The van der Waals surface area contributed by atoms with Crippen molar-refractivity contribution < 1.29 is 14.7 Å². The van der Waals surface area contributed by atoms with Gasteiger partial charge in [-0.25, -0.2) is 0 Å². The Balaban J connectivity index is 1.85.